The van der Waals surface area contributed by atoms with Gasteiger partial charge in [-0.1, -0.05) is 133 Å². The van der Waals surface area contributed by atoms with Crippen molar-refractivity contribution in [3.63, 3.8) is 0 Å². The second kappa shape index (κ2) is 12.5. The Morgan fingerprint density at radius 3 is 1.56 bits per heavy atom. The molecule has 0 saturated carbocycles. The zero-order valence-corrected chi connectivity index (χ0v) is 28.7. The van der Waals surface area contributed by atoms with Gasteiger partial charge < -0.3 is 4.40 Å². The Hall–Kier alpha value is -6.76. The Balaban J connectivity index is 1.09. The number of rotatable bonds is 6. The molecule has 0 unspecified atom stereocenters. The molecule has 4 heterocycles. The summed E-state index contributed by atoms with van der Waals surface area (Å²) in [5.74, 6) is 1.93. The minimum Gasteiger partial charge on any atom is -0.306 e. The molecule has 6 aromatic carbocycles. The molecule has 6 heteroatoms. The van der Waals surface area contributed by atoms with Gasteiger partial charge in [-0.05, 0) is 52.6 Å². The normalized spacial score (nSPS) is 11.5. The lowest BCUT2D eigenvalue weighted by Gasteiger charge is -2.14. The standard InChI is InChI=1S/C46H29N5S/c1-4-12-30(13-5-1)39-26-35(46-49-44(31-14-6-2-7-15-31)48-45(50-46)32-16-8-3-9-17-32)21-22-36(39)33-19-23-37-38-24-20-34(28-42(38)52-41(37)27-33)40-29-51-25-11-10-18-43(51)47-40/h1-29H. The lowest BCUT2D eigenvalue weighted by Crippen LogP contribution is -2.00. The fourth-order valence-corrected chi connectivity index (χ4v) is 8.09. The van der Waals surface area contributed by atoms with Gasteiger partial charge in [0.15, 0.2) is 17.5 Å². The average Bonchev–Trinajstić information content (AvgIpc) is 3.83. The van der Waals surface area contributed by atoms with E-state index in [0.717, 1.165) is 55.8 Å². The third-order valence-corrected chi connectivity index (χ3v) is 10.6. The molecule has 0 aliphatic rings. The first-order valence-electron chi connectivity index (χ1n) is 17.2. The number of nitrogens with zero attached hydrogens (tertiary/aromatic N) is 5. The molecule has 0 bridgehead atoms. The maximum atomic E-state index is 5.02. The highest BCUT2D eigenvalue weighted by molar-refractivity contribution is 7.25. The van der Waals surface area contributed by atoms with Gasteiger partial charge in [0.25, 0.3) is 0 Å². The smallest absolute Gasteiger partial charge is 0.164 e. The number of thiophene rings is 1. The van der Waals surface area contributed by atoms with Crippen LogP contribution in [-0.2, 0) is 0 Å². The van der Waals surface area contributed by atoms with Crippen LogP contribution in [0.3, 0.4) is 0 Å². The SMILES string of the molecule is c1ccc(-c2nc(-c3ccccc3)nc(-c3ccc(-c4ccc5c(c4)sc4cc(-c6cn7ccccc7n6)ccc45)c(-c4ccccc4)c3)n2)cc1. The van der Waals surface area contributed by atoms with E-state index in [2.05, 4.69) is 95.5 Å². The van der Waals surface area contributed by atoms with Gasteiger partial charge in [-0.3, -0.25) is 0 Å². The molecular formula is C46H29N5S. The van der Waals surface area contributed by atoms with Gasteiger partial charge in [0, 0.05) is 54.8 Å². The summed E-state index contributed by atoms with van der Waals surface area (Å²) < 4.78 is 4.57. The van der Waals surface area contributed by atoms with Gasteiger partial charge in [0.05, 0.1) is 5.69 Å². The van der Waals surface area contributed by atoms with E-state index in [0.29, 0.717) is 17.5 Å². The van der Waals surface area contributed by atoms with Crippen LogP contribution in [0.2, 0.25) is 0 Å². The molecule has 244 valence electrons. The van der Waals surface area contributed by atoms with Crippen molar-refractivity contribution >= 4 is 37.2 Å². The molecule has 0 atom stereocenters. The predicted molar refractivity (Wildman–Crippen MR) is 214 cm³/mol. The van der Waals surface area contributed by atoms with Crippen molar-refractivity contribution in [3.05, 3.63) is 176 Å². The van der Waals surface area contributed by atoms with Crippen LogP contribution in [0.5, 0.6) is 0 Å². The van der Waals surface area contributed by atoms with Crippen molar-refractivity contribution in [2.75, 3.05) is 0 Å². The molecule has 0 radical (unpaired) electrons. The van der Waals surface area contributed by atoms with Gasteiger partial charge in [0.1, 0.15) is 5.65 Å². The van der Waals surface area contributed by atoms with E-state index in [1.54, 1.807) is 0 Å². The number of pyridine rings is 1. The summed E-state index contributed by atoms with van der Waals surface area (Å²) in [5, 5.41) is 2.52. The van der Waals surface area contributed by atoms with Crippen molar-refractivity contribution in [1.29, 1.82) is 0 Å². The maximum Gasteiger partial charge on any atom is 0.164 e. The molecule has 10 aromatic rings. The van der Waals surface area contributed by atoms with E-state index in [1.807, 2.05) is 96.4 Å². The number of fused-ring (bicyclic) bond motifs is 4. The number of hydrogen-bond donors (Lipinski definition) is 0. The van der Waals surface area contributed by atoms with Crippen molar-refractivity contribution in [2.24, 2.45) is 0 Å². The Morgan fingerprint density at radius 2 is 0.923 bits per heavy atom. The molecule has 4 aromatic heterocycles. The van der Waals surface area contributed by atoms with Crippen LogP contribution in [-0.4, -0.2) is 24.3 Å². The largest absolute Gasteiger partial charge is 0.306 e. The quantitative estimate of drug-likeness (QED) is 0.175. The summed E-state index contributed by atoms with van der Waals surface area (Å²) in [5.41, 5.74) is 10.4. The summed E-state index contributed by atoms with van der Waals surface area (Å²) in [6.07, 6.45) is 4.13. The molecule has 0 aliphatic heterocycles. The minimum absolute atomic E-state index is 0.637. The third-order valence-electron chi connectivity index (χ3n) is 9.51. The van der Waals surface area contributed by atoms with E-state index in [9.17, 15) is 0 Å². The molecule has 0 saturated heterocycles. The van der Waals surface area contributed by atoms with Crippen LogP contribution >= 0.6 is 11.3 Å². The Labute approximate surface area is 304 Å². The van der Waals surface area contributed by atoms with Crippen molar-refractivity contribution < 1.29 is 0 Å². The zero-order valence-electron chi connectivity index (χ0n) is 27.9. The van der Waals surface area contributed by atoms with Gasteiger partial charge >= 0.3 is 0 Å². The fraction of sp³-hybridized carbons (Fsp3) is 0. The first-order chi connectivity index (χ1) is 25.7. The molecule has 0 amide bonds. The second-order valence-electron chi connectivity index (χ2n) is 12.8. The summed E-state index contributed by atoms with van der Waals surface area (Å²) in [4.78, 5) is 19.8. The highest BCUT2D eigenvalue weighted by Crippen LogP contribution is 2.41. The van der Waals surface area contributed by atoms with Gasteiger partial charge in [-0.25, -0.2) is 19.9 Å². The first-order valence-corrected chi connectivity index (χ1v) is 18.0. The van der Waals surface area contributed by atoms with Gasteiger partial charge in [-0.15, -0.1) is 11.3 Å². The summed E-state index contributed by atoms with van der Waals surface area (Å²) in [6.45, 7) is 0. The molecule has 0 N–H and O–H groups in total. The monoisotopic (exact) mass is 683 g/mol. The van der Waals surface area contributed by atoms with Crippen molar-refractivity contribution in [2.45, 2.75) is 0 Å². The zero-order chi connectivity index (χ0) is 34.4. The van der Waals surface area contributed by atoms with Crippen LogP contribution in [0.4, 0.5) is 0 Å². The minimum atomic E-state index is 0.637. The van der Waals surface area contributed by atoms with Crippen LogP contribution in [0.1, 0.15) is 0 Å². The van der Waals surface area contributed by atoms with Crippen molar-refractivity contribution in [3.8, 4) is 67.7 Å². The van der Waals surface area contributed by atoms with Crippen molar-refractivity contribution in [1.82, 2.24) is 24.3 Å². The third kappa shape index (κ3) is 5.43. The Kier molecular flexibility index (Phi) is 7.25. The average molecular weight is 684 g/mol. The summed E-state index contributed by atoms with van der Waals surface area (Å²) >= 11 is 1.83. The highest BCUT2D eigenvalue weighted by atomic mass is 32.1. The van der Waals surface area contributed by atoms with Gasteiger partial charge in [0.2, 0.25) is 0 Å². The first kappa shape index (κ1) is 30.1. The Morgan fingerprint density at radius 1 is 0.385 bits per heavy atom. The van der Waals surface area contributed by atoms with E-state index in [-0.39, 0.29) is 0 Å². The molecule has 5 nitrogen and oxygen atoms in total. The number of hydrogen-bond acceptors (Lipinski definition) is 5. The van der Waals surface area contributed by atoms with E-state index >= 15 is 0 Å². The number of aromatic nitrogens is 5. The maximum absolute atomic E-state index is 5.02. The molecule has 0 spiro atoms. The second-order valence-corrected chi connectivity index (χ2v) is 13.9. The van der Waals surface area contributed by atoms with Crippen LogP contribution in [0.15, 0.2) is 176 Å². The molecule has 52 heavy (non-hydrogen) atoms. The van der Waals surface area contributed by atoms with E-state index < -0.39 is 0 Å². The van der Waals surface area contributed by atoms with E-state index in [1.165, 1.54) is 20.2 Å². The number of benzene rings is 6. The summed E-state index contributed by atoms with van der Waals surface area (Å²) in [7, 11) is 0. The topological polar surface area (TPSA) is 56.0 Å². The molecule has 0 fully saturated rings. The Bertz CT molecular complexity index is 2810. The molecule has 10 rings (SSSR count). The predicted octanol–water partition coefficient (Wildman–Crippen LogP) is 11.9. The molecular weight excluding hydrogens is 655 g/mol. The van der Waals surface area contributed by atoms with E-state index in [4.69, 9.17) is 19.9 Å². The van der Waals surface area contributed by atoms with Crippen LogP contribution < -0.4 is 0 Å². The van der Waals surface area contributed by atoms with Gasteiger partial charge in [-0.2, -0.15) is 0 Å². The number of imidazole rings is 1. The molecule has 0 aliphatic carbocycles. The lowest BCUT2D eigenvalue weighted by molar-refractivity contribution is 1.07. The lowest BCUT2D eigenvalue weighted by atomic mass is 9.92. The van der Waals surface area contributed by atoms with Crippen LogP contribution in [0, 0.1) is 0 Å². The summed E-state index contributed by atoms with van der Waals surface area (Å²) in [6, 6.07) is 57.0. The fourth-order valence-electron chi connectivity index (χ4n) is 6.91. The van der Waals surface area contributed by atoms with Crippen LogP contribution in [0.25, 0.3) is 93.5 Å². The highest BCUT2D eigenvalue weighted by Gasteiger charge is 2.17.